The van der Waals surface area contributed by atoms with E-state index in [4.69, 9.17) is 0 Å². The van der Waals surface area contributed by atoms with Crippen molar-refractivity contribution in [3.8, 4) is 11.4 Å². The van der Waals surface area contributed by atoms with E-state index in [0.29, 0.717) is 38.0 Å². The van der Waals surface area contributed by atoms with Crippen molar-refractivity contribution in [1.82, 2.24) is 35.1 Å². The van der Waals surface area contributed by atoms with E-state index in [0.717, 1.165) is 12.0 Å². The molecule has 9 heteroatoms. The van der Waals surface area contributed by atoms with Gasteiger partial charge in [0.2, 0.25) is 17.7 Å². The van der Waals surface area contributed by atoms with Crippen molar-refractivity contribution in [1.29, 1.82) is 0 Å². The number of carbonyl (C=O) groups is 1. The molecule has 0 atom stereocenters. The van der Waals surface area contributed by atoms with Gasteiger partial charge in [-0.3, -0.25) is 4.79 Å². The van der Waals surface area contributed by atoms with Crippen LogP contribution in [0.2, 0.25) is 0 Å². The molecular formula is C19H22N8O. The third-order valence-corrected chi connectivity index (χ3v) is 4.82. The molecule has 1 aliphatic rings. The van der Waals surface area contributed by atoms with Gasteiger partial charge in [-0.2, -0.15) is 4.80 Å². The Bertz CT molecular complexity index is 917. The Morgan fingerprint density at radius 1 is 1.04 bits per heavy atom. The average Bonchev–Trinajstić information content (AvgIpc) is 3.23. The molecule has 144 valence electrons. The third kappa shape index (κ3) is 3.98. The molecule has 1 saturated heterocycles. The lowest BCUT2D eigenvalue weighted by Gasteiger charge is -2.34. The van der Waals surface area contributed by atoms with Crippen LogP contribution in [0.4, 0.5) is 5.95 Å². The molecule has 0 saturated carbocycles. The van der Waals surface area contributed by atoms with Crippen LogP contribution in [0.1, 0.15) is 12.5 Å². The fourth-order valence-corrected chi connectivity index (χ4v) is 3.15. The van der Waals surface area contributed by atoms with Crippen LogP contribution < -0.4 is 4.90 Å². The number of anilines is 1. The molecule has 1 aliphatic heterocycles. The fourth-order valence-electron chi connectivity index (χ4n) is 3.15. The molecule has 4 rings (SSSR count). The number of aromatic nitrogens is 6. The van der Waals surface area contributed by atoms with Crippen molar-refractivity contribution in [2.24, 2.45) is 0 Å². The standard InChI is InChI=1S/C19H22N8O/c1-2-15-4-6-16(7-5-15)18-22-24-27(23-18)14-17(28)25-10-12-26(13-11-25)19-20-8-3-9-21-19/h3-9H,2,10-14H2,1H3. The van der Waals surface area contributed by atoms with Crippen LogP contribution in [0.3, 0.4) is 0 Å². The van der Waals surface area contributed by atoms with Gasteiger partial charge in [-0.15, -0.1) is 10.2 Å². The highest BCUT2D eigenvalue weighted by Crippen LogP contribution is 2.15. The van der Waals surface area contributed by atoms with Crippen LogP contribution in [0.15, 0.2) is 42.7 Å². The number of benzene rings is 1. The number of hydrogen-bond donors (Lipinski definition) is 0. The molecule has 28 heavy (non-hydrogen) atoms. The molecule has 0 spiro atoms. The Labute approximate surface area is 163 Å². The van der Waals surface area contributed by atoms with E-state index in [1.807, 2.05) is 17.0 Å². The molecule has 2 aromatic heterocycles. The minimum atomic E-state index is -0.0149. The maximum absolute atomic E-state index is 12.6. The summed E-state index contributed by atoms with van der Waals surface area (Å²) in [6, 6.07) is 9.86. The summed E-state index contributed by atoms with van der Waals surface area (Å²) in [5.74, 6) is 1.21. The molecular weight excluding hydrogens is 356 g/mol. The largest absolute Gasteiger partial charge is 0.337 e. The zero-order valence-corrected chi connectivity index (χ0v) is 15.8. The summed E-state index contributed by atoms with van der Waals surface area (Å²) >= 11 is 0. The Hall–Kier alpha value is -3.36. The summed E-state index contributed by atoms with van der Waals surface area (Å²) in [6.07, 6.45) is 4.44. The SMILES string of the molecule is CCc1ccc(-c2nnn(CC(=O)N3CCN(c4ncccn4)CC3)n2)cc1. The predicted octanol–water partition coefficient (Wildman–Crippen LogP) is 1.04. The summed E-state index contributed by atoms with van der Waals surface area (Å²) in [5.41, 5.74) is 2.15. The molecule has 1 aromatic carbocycles. The molecule has 0 aliphatic carbocycles. The number of hydrogen-bond acceptors (Lipinski definition) is 7. The van der Waals surface area contributed by atoms with E-state index in [-0.39, 0.29) is 12.5 Å². The number of rotatable bonds is 5. The molecule has 0 unspecified atom stereocenters. The first kappa shape index (κ1) is 18.0. The molecule has 3 aromatic rings. The second-order valence-corrected chi connectivity index (χ2v) is 6.61. The normalized spacial score (nSPS) is 14.3. The third-order valence-electron chi connectivity index (χ3n) is 4.82. The minimum Gasteiger partial charge on any atom is -0.337 e. The second-order valence-electron chi connectivity index (χ2n) is 6.61. The summed E-state index contributed by atoms with van der Waals surface area (Å²) in [5, 5.41) is 12.5. The van der Waals surface area contributed by atoms with Gasteiger partial charge in [0.05, 0.1) is 0 Å². The lowest BCUT2D eigenvalue weighted by atomic mass is 10.1. The van der Waals surface area contributed by atoms with Crippen LogP contribution in [-0.2, 0) is 17.8 Å². The summed E-state index contributed by atoms with van der Waals surface area (Å²) < 4.78 is 0. The number of amides is 1. The van der Waals surface area contributed by atoms with Crippen molar-refractivity contribution < 1.29 is 4.79 Å². The van der Waals surface area contributed by atoms with Gasteiger partial charge in [0.25, 0.3) is 0 Å². The van der Waals surface area contributed by atoms with Crippen LogP contribution in [0, 0.1) is 0 Å². The van der Waals surface area contributed by atoms with Crippen LogP contribution in [0.25, 0.3) is 11.4 Å². The molecule has 1 amide bonds. The smallest absolute Gasteiger partial charge is 0.246 e. The number of nitrogens with zero attached hydrogens (tertiary/aromatic N) is 8. The van der Waals surface area contributed by atoms with Crippen molar-refractivity contribution in [2.45, 2.75) is 19.9 Å². The molecule has 0 N–H and O–H groups in total. The second kappa shape index (κ2) is 8.12. The van der Waals surface area contributed by atoms with Gasteiger partial charge in [0, 0.05) is 44.1 Å². The Kier molecular flexibility index (Phi) is 5.22. The van der Waals surface area contributed by atoms with Crippen molar-refractivity contribution in [3.05, 3.63) is 48.3 Å². The van der Waals surface area contributed by atoms with Crippen molar-refractivity contribution >= 4 is 11.9 Å². The van der Waals surface area contributed by atoms with Gasteiger partial charge in [0.1, 0.15) is 6.54 Å². The minimum absolute atomic E-state index is 0.0149. The maximum atomic E-state index is 12.6. The number of piperazine rings is 1. The van der Waals surface area contributed by atoms with Crippen molar-refractivity contribution in [2.75, 3.05) is 31.1 Å². The van der Waals surface area contributed by atoms with Gasteiger partial charge < -0.3 is 9.80 Å². The first-order valence-corrected chi connectivity index (χ1v) is 9.40. The maximum Gasteiger partial charge on any atom is 0.246 e. The van der Waals surface area contributed by atoms with E-state index in [9.17, 15) is 4.79 Å². The predicted molar refractivity (Wildman–Crippen MR) is 103 cm³/mol. The van der Waals surface area contributed by atoms with Gasteiger partial charge in [-0.05, 0) is 23.3 Å². The highest BCUT2D eigenvalue weighted by Gasteiger charge is 2.23. The first-order valence-electron chi connectivity index (χ1n) is 9.40. The van der Waals surface area contributed by atoms with E-state index >= 15 is 0 Å². The van der Waals surface area contributed by atoms with Crippen LogP contribution in [0.5, 0.6) is 0 Å². The molecule has 3 heterocycles. The van der Waals surface area contributed by atoms with Gasteiger partial charge in [-0.1, -0.05) is 31.2 Å². The number of carbonyl (C=O) groups excluding carboxylic acids is 1. The van der Waals surface area contributed by atoms with E-state index in [1.165, 1.54) is 10.4 Å². The highest BCUT2D eigenvalue weighted by molar-refractivity contribution is 5.76. The number of tetrazole rings is 1. The zero-order valence-electron chi connectivity index (χ0n) is 15.8. The van der Waals surface area contributed by atoms with E-state index < -0.39 is 0 Å². The van der Waals surface area contributed by atoms with Crippen LogP contribution >= 0.6 is 0 Å². The van der Waals surface area contributed by atoms with Crippen LogP contribution in [-0.4, -0.2) is 67.2 Å². The number of aryl methyl sites for hydroxylation is 1. The molecule has 1 fully saturated rings. The summed E-state index contributed by atoms with van der Waals surface area (Å²) in [6.45, 7) is 4.85. The fraction of sp³-hybridized carbons (Fsp3) is 0.368. The monoisotopic (exact) mass is 378 g/mol. The van der Waals surface area contributed by atoms with E-state index in [1.54, 1.807) is 18.5 Å². The first-order chi connectivity index (χ1) is 13.7. The Morgan fingerprint density at radius 3 is 2.43 bits per heavy atom. The average molecular weight is 378 g/mol. The van der Waals surface area contributed by atoms with E-state index in [2.05, 4.69) is 49.3 Å². The molecule has 9 nitrogen and oxygen atoms in total. The summed E-state index contributed by atoms with van der Waals surface area (Å²) in [4.78, 5) is 26.4. The summed E-state index contributed by atoms with van der Waals surface area (Å²) in [7, 11) is 0. The zero-order chi connectivity index (χ0) is 19.3. The molecule has 0 bridgehead atoms. The lowest BCUT2D eigenvalue weighted by Crippen LogP contribution is -2.50. The quantitative estimate of drug-likeness (QED) is 0.655. The van der Waals surface area contributed by atoms with Gasteiger partial charge in [-0.25, -0.2) is 9.97 Å². The Balaban J connectivity index is 1.34. The topological polar surface area (TPSA) is 92.9 Å². The van der Waals surface area contributed by atoms with Gasteiger partial charge in [0.15, 0.2) is 0 Å². The lowest BCUT2D eigenvalue weighted by molar-refractivity contribution is -0.132. The van der Waals surface area contributed by atoms with Gasteiger partial charge >= 0.3 is 0 Å². The van der Waals surface area contributed by atoms with Crippen molar-refractivity contribution in [3.63, 3.8) is 0 Å². The highest BCUT2D eigenvalue weighted by atomic mass is 16.2. The molecule has 0 radical (unpaired) electrons. The Morgan fingerprint density at radius 2 is 1.75 bits per heavy atom.